The van der Waals surface area contributed by atoms with Crippen LogP contribution in [0.15, 0.2) is 23.3 Å². The molecule has 0 atom stereocenters. The number of hydrogen-bond donors (Lipinski definition) is 2. The summed E-state index contributed by atoms with van der Waals surface area (Å²) >= 11 is 0. The van der Waals surface area contributed by atoms with E-state index in [1.807, 2.05) is 13.8 Å². The van der Waals surface area contributed by atoms with E-state index in [0.717, 1.165) is 0 Å². The predicted molar refractivity (Wildman–Crippen MR) is 88.0 cm³/mol. The molecular weight excluding hydrogens is 298 g/mol. The molecule has 7 heteroatoms. The van der Waals surface area contributed by atoms with E-state index < -0.39 is 5.91 Å². The van der Waals surface area contributed by atoms with Gasteiger partial charge in [-0.05, 0) is 39.0 Å². The highest BCUT2D eigenvalue weighted by atomic mass is 16.5. The van der Waals surface area contributed by atoms with Gasteiger partial charge in [-0.3, -0.25) is 9.59 Å². The van der Waals surface area contributed by atoms with Crippen LogP contribution < -0.4 is 20.2 Å². The van der Waals surface area contributed by atoms with Gasteiger partial charge in [0.05, 0.1) is 20.6 Å². The first-order valence-corrected chi connectivity index (χ1v) is 7.22. The van der Waals surface area contributed by atoms with Crippen LogP contribution in [0.4, 0.5) is 0 Å². The van der Waals surface area contributed by atoms with Crippen LogP contribution in [-0.2, 0) is 4.79 Å². The number of carbonyl (C=O) groups excluding carboxylic acids is 2. The first-order chi connectivity index (χ1) is 10.9. The second-order valence-electron chi connectivity index (χ2n) is 5.26. The van der Waals surface area contributed by atoms with Gasteiger partial charge in [0.2, 0.25) is 5.91 Å². The summed E-state index contributed by atoms with van der Waals surface area (Å²) in [6.45, 7) is 5.43. The van der Waals surface area contributed by atoms with Crippen LogP contribution in [0.2, 0.25) is 0 Å². The van der Waals surface area contributed by atoms with E-state index in [-0.39, 0.29) is 18.4 Å². The minimum atomic E-state index is -0.394. The number of carbonyl (C=O) groups is 2. The number of hydrazone groups is 1. The molecule has 0 saturated carbocycles. The van der Waals surface area contributed by atoms with Crippen molar-refractivity contribution in [2.24, 2.45) is 5.10 Å². The molecule has 1 aromatic rings. The van der Waals surface area contributed by atoms with Crippen molar-refractivity contribution in [2.45, 2.75) is 33.2 Å². The zero-order valence-corrected chi connectivity index (χ0v) is 14.1. The van der Waals surface area contributed by atoms with Crippen molar-refractivity contribution in [3.05, 3.63) is 23.8 Å². The van der Waals surface area contributed by atoms with Gasteiger partial charge in [0.15, 0.2) is 11.5 Å². The first kappa shape index (κ1) is 18.5. The molecule has 0 saturated heterocycles. The summed E-state index contributed by atoms with van der Waals surface area (Å²) in [5, 5.41) is 6.69. The van der Waals surface area contributed by atoms with E-state index in [1.54, 1.807) is 25.1 Å². The smallest absolute Gasteiger partial charge is 0.271 e. The molecule has 0 aliphatic heterocycles. The van der Waals surface area contributed by atoms with E-state index in [4.69, 9.17) is 9.47 Å². The molecule has 7 nitrogen and oxygen atoms in total. The van der Waals surface area contributed by atoms with Gasteiger partial charge in [-0.15, -0.1) is 0 Å². The van der Waals surface area contributed by atoms with Crippen LogP contribution in [0.25, 0.3) is 0 Å². The lowest BCUT2D eigenvalue weighted by atomic mass is 10.2. The molecule has 1 rings (SSSR count). The highest BCUT2D eigenvalue weighted by Crippen LogP contribution is 2.27. The maximum Gasteiger partial charge on any atom is 0.271 e. The van der Waals surface area contributed by atoms with Crippen molar-refractivity contribution in [3.63, 3.8) is 0 Å². The summed E-state index contributed by atoms with van der Waals surface area (Å²) in [5.41, 5.74) is 3.31. The molecule has 23 heavy (non-hydrogen) atoms. The summed E-state index contributed by atoms with van der Waals surface area (Å²) in [6, 6.07) is 4.87. The van der Waals surface area contributed by atoms with Crippen molar-refractivity contribution in [2.75, 3.05) is 14.2 Å². The van der Waals surface area contributed by atoms with Crippen LogP contribution in [-0.4, -0.2) is 37.8 Å². The number of benzene rings is 1. The van der Waals surface area contributed by atoms with Gasteiger partial charge in [-0.2, -0.15) is 5.10 Å². The lowest BCUT2D eigenvalue weighted by Crippen LogP contribution is -2.31. The van der Waals surface area contributed by atoms with Crippen LogP contribution in [0.3, 0.4) is 0 Å². The number of methoxy groups -OCH3 is 2. The third-order valence-corrected chi connectivity index (χ3v) is 2.86. The van der Waals surface area contributed by atoms with Crippen molar-refractivity contribution >= 4 is 17.5 Å². The normalized spacial score (nSPS) is 11.1. The van der Waals surface area contributed by atoms with E-state index >= 15 is 0 Å². The molecule has 126 valence electrons. The minimum Gasteiger partial charge on any atom is -0.493 e. The average molecular weight is 321 g/mol. The summed E-state index contributed by atoms with van der Waals surface area (Å²) < 4.78 is 10.3. The SMILES string of the molecule is COc1ccc(C(=O)N/N=C(/C)CC(=O)NC(C)C)cc1OC. The number of hydrogen-bond acceptors (Lipinski definition) is 5. The van der Waals surface area contributed by atoms with Crippen molar-refractivity contribution in [3.8, 4) is 11.5 Å². The Labute approximate surface area is 136 Å². The van der Waals surface area contributed by atoms with Gasteiger partial charge in [-0.25, -0.2) is 5.43 Å². The van der Waals surface area contributed by atoms with Crippen molar-refractivity contribution < 1.29 is 19.1 Å². The van der Waals surface area contributed by atoms with Gasteiger partial charge in [0.25, 0.3) is 5.91 Å². The largest absolute Gasteiger partial charge is 0.493 e. The molecule has 0 spiro atoms. The Balaban J connectivity index is 2.69. The molecular formula is C16H23N3O4. The summed E-state index contributed by atoms with van der Waals surface area (Å²) in [6.07, 6.45) is 0.129. The fourth-order valence-electron chi connectivity index (χ4n) is 1.83. The molecule has 0 fully saturated rings. The standard InChI is InChI=1S/C16H23N3O4/c1-10(2)17-15(20)8-11(3)18-19-16(21)12-6-7-13(22-4)14(9-12)23-5/h6-7,9-10H,8H2,1-5H3,(H,17,20)(H,19,21)/b18-11-. The van der Waals surface area contributed by atoms with Crippen LogP contribution in [0.5, 0.6) is 11.5 Å². The van der Waals surface area contributed by atoms with Gasteiger partial charge < -0.3 is 14.8 Å². The molecule has 0 aliphatic rings. The average Bonchev–Trinajstić information content (AvgIpc) is 2.50. The zero-order valence-electron chi connectivity index (χ0n) is 14.1. The third kappa shape index (κ3) is 5.98. The Morgan fingerprint density at radius 1 is 1.17 bits per heavy atom. The molecule has 2 amide bonds. The number of nitrogens with zero attached hydrogens (tertiary/aromatic N) is 1. The second-order valence-corrected chi connectivity index (χ2v) is 5.26. The Bertz CT molecular complexity index is 597. The third-order valence-electron chi connectivity index (χ3n) is 2.86. The lowest BCUT2D eigenvalue weighted by molar-refractivity contribution is -0.120. The number of rotatable bonds is 7. The molecule has 0 aromatic heterocycles. The molecule has 0 radical (unpaired) electrons. The molecule has 1 aromatic carbocycles. The van der Waals surface area contributed by atoms with Crippen LogP contribution >= 0.6 is 0 Å². The molecule has 2 N–H and O–H groups in total. The predicted octanol–water partition coefficient (Wildman–Crippen LogP) is 1.72. The second kappa shape index (κ2) is 8.77. The zero-order chi connectivity index (χ0) is 17.4. The highest BCUT2D eigenvalue weighted by Gasteiger charge is 2.11. The Morgan fingerprint density at radius 2 is 1.83 bits per heavy atom. The number of amides is 2. The summed E-state index contributed by atoms with van der Waals surface area (Å²) in [7, 11) is 3.02. The molecule has 0 aliphatic carbocycles. The maximum atomic E-state index is 12.1. The van der Waals surface area contributed by atoms with Crippen molar-refractivity contribution in [1.29, 1.82) is 0 Å². The fraction of sp³-hybridized carbons (Fsp3) is 0.438. The molecule has 0 bridgehead atoms. The summed E-state index contributed by atoms with van der Waals surface area (Å²) in [4.78, 5) is 23.7. The summed E-state index contributed by atoms with van der Waals surface area (Å²) in [5.74, 6) is 0.461. The van der Waals surface area contributed by atoms with Gasteiger partial charge in [-0.1, -0.05) is 0 Å². The highest BCUT2D eigenvalue weighted by molar-refractivity contribution is 6.01. The quantitative estimate of drug-likeness (QED) is 0.591. The Morgan fingerprint density at radius 3 is 2.39 bits per heavy atom. The van der Waals surface area contributed by atoms with E-state index in [0.29, 0.717) is 22.8 Å². The van der Waals surface area contributed by atoms with Gasteiger partial charge >= 0.3 is 0 Å². The van der Waals surface area contributed by atoms with E-state index in [9.17, 15) is 9.59 Å². The van der Waals surface area contributed by atoms with E-state index in [1.165, 1.54) is 14.2 Å². The Hall–Kier alpha value is -2.57. The van der Waals surface area contributed by atoms with Gasteiger partial charge in [0, 0.05) is 17.3 Å². The topological polar surface area (TPSA) is 89.0 Å². The van der Waals surface area contributed by atoms with Crippen molar-refractivity contribution in [1.82, 2.24) is 10.7 Å². The van der Waals surface area contributed by atoms with Gasteiger partial charge in [0.1, 0.15) is 0 Å². The number of ether oxygens (including phenoxy) is 2. The Kier molecular flexibility index (Phi) is 7.05. The molecule has 0 heterocycles. The number of nitrogens with one attached hydrogen (secondary N) is 2. The van der Waals surface area contributed by atoms with Crippen LogP contribution in [0, 0.1) is 0 Å². The molecule has 0 unspecified atom stereocenters. The maximum absolute atomic E-state index is 12.1. The monoisotopic (exact) mass is 321 g/mol. The fourth-order valence-corrected chi connectivity index (χ4v) is 1.83. The first-order valence-electron chi connectivity index (χ1n) is 7.22. The van der Waals surface area contributed by atoms with Crippen LogP contribution in [0.1, 0.15) is 37.6 Å². The minimum absolute atomic E-state index is 0.0663. The van der Waals surface area contributed by atoms with E-state index in [2.05, 4.69) is 15.8 Å². The lowest BCUT2D eigenvalue weighted by Gasteiger charge is -2.09.